The van der Waals surface area contributed by atoms with Gasteiger partial charge in [0.25, 0.3) is 0 Å². The average Bonchev–Trinajstić information content (AvgIpc) is 3.11. The minimum Gasteiger partial charge on any atom is -0.506 e. The van der Waals surface area contributed by atoms with Gasteiger partial charge in [-0.2, -0.15) is 0 Å². The molecule has 1 aromatic carbocycles. The van der Waals surface area contributed by atoms with Crippen molar-refractivity contribution in [3.63, 3.8) is 0 Å². The highest BCUT2D eigenvalue weighted by atomic mass is 19.1. The van der Waals surface area contributed by atoms with E-state index in [4.69, 9.17) is 0 Å². The van der Waals surface area contributed by atoms with Crippen LogP contribution in [0, 0.1) is 17.7 Å². The number of likely N-dealkylation sites (tertiary alicyclic amines) is 1. The number of hydrogen-bond donors (Lipinski definition) is 3. The molecule has 0 bridgehead atoms. The van der Waals surface area contributed by atoms with Gasteiger partial charge in [-0.15, -0.1) is 0 Å². The summed E-state index contributed by atoms with van der Waals surface area (Å²) in [7, 11) is 0. The third-order valence-electron chi connectivity index (χ3n) is 5.93. The number of aliphatic hydroxyl groups excluding tert-OH is 1. The van der Waals surface area contributed by atoms with Gasteiger partial charge in [-0.1, -0.05) is 12.1 Å². The molecular formula is C21H25FN2O3. The summed E-state index contributed by atoms with van der Waals surface area (Å²) >= 11 is 0. The van der Waals surface area contributed by atoms with Crippen LogP contribution in [0.1, 0.15) is 30.2 Å². The summed E-state index contributed by atoms with van der Waals surface area (Å²) in [5, 5.41) is 30.7. The zero-order valence-corrected chi connectivity index (χ0v) is 15.1. The SMILES string of the molecule is Oc1ccc(C(O)CN2CC3CC(O)(Cc4ccc(F)cc4)CC3C2)nc1. The molecule has 27 heavy (non-hydrogen) atoms. The van der Waals surface area contributed by atoms with E-state index < -0.39 is 11.7 Å². The lowest BCUT2D eigenvalue weighted by Gasteiger charge is -2.27. The van der Waals surface area contributed by atoms with Crippen molar-refractivity contribution < 1.29 is 19.7 Å². The molecule has 3 atom stereocenters. The molecule has 0 radical (unpaired) electrons. The van der Waals surface area contributed by atoms with Gasteiger partial charge >= 0.3 is 0 Å². The Morgan fingerprint density at radius 3 is 2.37 bits per heavy atom. The van der Waals surface area contributed by atoms with Crippen LogP contribution in [0.3, 0.4) is 0 Å². The van der Waals surface area contributed by atoms with Gasteiger partial charge in [0.1, 0.15) is 17.7 Å². The number of benzene rings is 1. The Balaban J connectivity index is 1.32. The summed E-state index contributed by atoms with van der Waals surface area (Å²) in [6.07, 6.45) is 2.67. The van der Waals surface area contributed by atoms with E-state index in [1.54, 1.807) is 18.2 Å². The van der Waals surface area contributed by atoms with Gasteiger partial charge < -0.3 is 15.3 Å². The molecule has 1 aliphatic carbocycles. The maximum atomic E-state index is 13.1. The Hall–Kier alpha value is -2.02. The van der Waals surface area contributed by atoms with Crippen molar-refractivity contribution in [2.45, 2.75) is 31.0 Å². The van der Waals surface area contributed by atoms with E-state index in [9.17, 15) is 19.7 Å². The summed E-state index contributed by atoms with van der Waals surface area (Å²) in [5.41, 5.74) is 0.790. The van der Waals surface area contributed by atoms with Gasteiger partial charge in [0.15, 0.2) is 0 Å². The van der Waals surface area contributed by atoms with Crippen LogP contribution in [0.4, 0.5) is 4.39 Å². The Bertz CT molecular complexity index is 767. The van der Waals surface area contributed by atoms with Crippen molar-refractivity contribution in [2.75, 3.05) is 19.6 Å². The highest BCUT2D eigenvalue weighted by Crippen LogP contribution is 2.45. The third-order valence-corrected chi connectivity index (χ3v) is 5.93. The van der Waals surface area contributed by atoms with Crippen molar-refractivity contribution in [1.29, 1.82) is 0 Å². The highest BCUT2D eigenvalue weighted by molar-refractivity contribution is 5.20. The number of fused-ring (bicyclic) bond motifs is 1. The van der Waals surface area contributed by atoms with E-state index in [-0.39, 0.29) is 11.6 Å². The molecule has 4 rings (SSSR count). The van der Waals surface area contributed by atoms with E-state index in [0.717, 1.165) is 31.5 Å². The number of aliphatic hydroxyl groups is 2. The summed E-state index contributed by atoms with van der Waals surface area (Å²) in [5.74, 6) is 0.652. The molecule has 6 heteroatoms. The van der Waals surface area contributed by atoms with Crippen LogP contribution >= 0.6 is 0 Å². The lowest BCUT2D eigenvalue weighted by Crippen LogP contribution is -2.33. The van der Waals surface area contributed by atoms with E-state index in [2.05, 4.69) is 9.88 Å². The zero-order chi connectivity index (χ0) is 19.0. The molecule has 2 fully saturated rings. The summed E-state index contributed by atoms with van der Waals surface area (Å²) in [4.78, 5) is 6.30. The monoisotopic (exact) mass is 372 g/mol. The topological polar surface area (TPSA) is 76.8 Å². The maximum absolute atomic E-state index is 13.1. The van der Waals surface area contributed by atoms with Crippen LogP contribution in [-0.2, 0) is 6.42 Å². The molecule has 0 amide bonds. The number of aromatic hydroxyl groups is 1. The summed E-state index contributed by atoms with van der Waals surface area (Å²) in [6.45, 7) is 2.21. The van der Waals surface area contributed by atoms with E-state index in [0.29, 0.717) is 30.5 Å². The minimum atomic E-state index is -0.726. The third kappa shape index (κ3) is 4.13. The first-order valence-electron chi connectivity index (χ1n) is 9.42. The van der Waals surface area contributed by atoms with Crippen LogP contribution in [-0.4, -0.2) is 50.4 Å². The van der Waals surface area contributed by atoms with Crippen molar-refractivity contribution in [2.24, 2.45) is 11.8 Å². The smallest absolute Gasteiger partial charge is 0.133 e. The molecular weight excluding hydrogens is 347 g/mol. The molecule has 1 saturated heterocycles. The average molecular weight is 372 g/mol. The standard InChI is InChI=1S/C21H25FN2O3/c22-17-3-1-14(2-4-17)7-21(27)8-15-11-24(12-16(15)9-21)13-20(26)19-6-5-18(25)10-23-19/h1-6,10,15-16,20,25-27H,7-9,11-13H2. The second kappa shape index (κ2) is 7.19. The Morgan fingerprint density at radius 1 is 1.11 bits per heavy atom. The fourth-order valence-electron chi connectivity index (χ4n) is 4.77. The number of hydrogen-bond acceptors (Lipinski definition) is 5. The van der Waals surface area contributed by atoms with Gasteiger partial charge in [-0.05, 0) is 54.5 Å². The van der Waals surface area contributed by atoms with E-state index in [1.807, 2.05) is 0 Å². The number of nitrogens with zero attached hydrogens (tertiary/aromatic N) is 2. The fraction of sp³-hybridized carbons (Fsp3) is 0.476. The Labute approximate surface area is 158 Å². The zero-order valence-electron chi connectivity index (χ0n) is 15.1. The predicted octanol–water partition coefficient (Wildman–Crippen LogP) is 2.28. The van der Waals surface area contributed by atoms with Crippen molar-refractivity contribution in [3.8, 4) is 5.75 Å². The molecule has 2 aliphatic rings. The molecule has 2 aromatic rings. The maximum Gasteiger partial charge on any atom is 0.133 e. The van der Waals surface area contributed by atoms with Gasteiger partial charge in [-0.3, -0.25) is 9.88 Å². The van der Waals surface area contributed by atoms with Crippen molar-refractivity contribution >= 4 is 0 Å². The second-order valence-corrected chi connectivity index (χ2v) is 8.13. The van der Waals surface area contributed by atoms with Crippen molar-refractivity contribution in [3.05, 3.63) is 59.7 Å². The molecule has 1 aromatic heterocycles. The van der Waals surface area contributed by atoms with Crippen LogP contribution in [0.15, 0.2) is 42.6 Å². The quantitative estimate of drug-likeness (QED) is 0.751. The van der Waals surface area contributed by atoms with E-state index >= 15 is 0 Å². The number of halogens is 1. The summed E-state index contributed by atoms with van der Waals surface area (Å²) in [6, 6.07) is 9.53. The predicted molar refractivity (Wildman–Crippen MR) is 98.6 cm³/mol. The molecule has 1 saturated carbocycles. The minimum absolute atomic E-state index is 0.0853. The molecule has 3 unspecified atom stereocenters. The lowest BCUT2D eigenvalue weighted by molar-refractivity contribution is 0.0327. The number of aromatic nitrogens is 1. The van der Waals surface area contributed by atoms with Gasteiger partial charge in [0, 0.05) is 26.1 Å². The fourth-order valence-corrected chi connectivity index (χ4v) is 4.77. The molecule has 3 N–H and O–H groups in total. The lowest BCUT2D eigenvalue weighted by atomic mass is 9.91. The Morgan fingerprint density at radius 2 is 1.78 bits per heavy atom. The van der Waals surface area contributed by atoms with Gasteiger partial charge in [0.05, 0.1) is 17.5 Å². The molecule has 5 nitrogen and oxygen atoms in total. The summed E-state index contributed by atoms with van der Waals surface area (Å²) < 4.78 is 13.1. The first kappa shape index (κ1) is 18.3. The number of β-amino-alcohol motifs (C(OH)–C–C–N with tert-alkyl or cyclic N) is 1. The molecule has 0 spiro atoms. The normalized spacial score (nSPS) is 29.0. The first-order valence-corrected chi connectivity index (χ1v) is 9.42. The van der Waals surface area contributed by atoms with Crippen LogP contribution in [0.5, 0.6) is 5.75 Å². The van der Waals surface area contributed by atoms with E-state index in [1.165, 1.54) is 24.4 Å². The second-order valence-electron chi connectivity index (χ2n) is 8.13. The van der Waals surface area contributed by atoms with Gasteiger partial charge in [0.2, 0.25) is 0 Å². The first-order chi connectivity index (χ1) is 12.9. The number of pyridine rings is 1. The van der Waals surface area contributed by atoms with Crippen LogP contribution in [0.2, 0.25) is 0 Å². The van der Waals surface area contributed by atoms with Crippen LogP contribution < -0.4 is 0 Å². The number of rotatable bonds is 5. The largest absolute Gasteiger partial charge is 0.506 e. The van der Waals surface area contributed by atoms with Gasteiger partial charge in [-0.25, -0.2) is 4.39 Å². The van der Waals surface area contributed by atoms with Crippen molar-refractivity contribution in [1.82, 2.24) is 9.88 Å². The highest BCUT2D eigenvalue weighted by Gasteiger charge is 2.48. The molecule has 1 aliphatic heterocycles. The molecule has 2 heterocycles. The van der Waals surface area contributed by atoms with Crippen LogP contribution in [0.25, 0.3) is 0 Å². The molecule has 144 valence electrons. The Kier molecular flexibility index (Phi) is 4.88.